The molecule has 23 heavy (non-hydrogen) atoms. The highest BCUT2D eigenvalue weighted by Crippen LogP contribution is 2.21. The number of carbonyl (C=O) groups is 2. The number of hydrogen-bond acceptors (Lipinski definition) is 4. The minimum absolute atomic E-state index is 0.0792. The van der Waals surface area contributed by atoms with E-state index in [9.17, 15) is 9.59 Å². The number of hydrogen-bond donors (Lipinski definition) is 0. The summed E-state index contributed by atoms with van der Waals surface area (Å²) in [6, 6.07) is 0. The van der Waals surface area contributed by atoms with Crippen LogP contribution < -0.4 is 0 Å². The van der Waals surface area contributed by atoms with Crippen LogP contribution in [-0.4, -0.2) is 78.1 Å². The maximum atomic E-state index is 12.7. The second-order valence-corrected chi connectivity index (χ2v) is 7.53. The Balaban J connectivity index is 1.88. The van der Waals surface area contributed by atoms with Gasteiger partial charge in [0.15, 0.2) is 0 Å². The predicted octanol–water partition coefficient (Wildman–Crippen LogP) is 1.80. The third-order valence-electron chi connectivity index (χ3n) is 4.55. The van der Waals surface area contributed by atoms with Crippen LogP contribution in [0.4, 0.5) is 4.79 Å². The number of carbonyl (C=O) groups excluding carboxylic acids is 2. The molecule has 0 spiro atoms. The summed E-state index contributed by atoms with van der Waals surface area (Å²) in [6.45, 7) is 13.5. The monoisotopic (exact) mass is 325 g/mol. The summed E-state index contributed by atoms with van der Waals surface area (Å²) in [5.41, 5.74) is -0.496. The van der Waals surface area contributed by atoms with Gasteiger partial charge in [0.05, 0.1) is 5.92 Å². The van der Waals surface area contributed by atoms with Gasteiger partial charge in [-0.1, -0.05) is 6.92 Å². The third kappa shape index (κ3) is 5.09. The van der Waals surface area contributed by atoms with Crippen LogP contribution in [0.1, 0.15) is 40.5 Å². The second-order valence-electron chi connectivity index (χ2n) is 7.53. The van der Waals surface area contributed by atoms with E-state index in [0.29, 0.717) is 13.1 Å². The number of rotatable bonds is 2. The Morgan fingerprint density at radius 2 is 1.70 bits per heavy atom. The Hall–Kier alpha value is -1.30. The lowest BCUT2D eigenvalue weighted by Gasteiger charge is -2.39. The van der Waals surface area contributed by atoms with Crippen molar-refractivity contribution in [3.8, 4) is 0 Å². The lowest BCUT2D eigenvalue weighted by molar-refractivity contribution is -0.138. The summed E-state index contributed by atoms with van der Waals surface area (Å²) in [5, 5.41) is 0. The first-order chi connectivity index (χ1) is 10.8. The fraction of sp³-hybridized carbons (Fsp3) is 0.882. The smallest absolute Gasteiger partial charge is 0.410 e. The molecule has 2 aliphatic rings. The van der Waals surface area contributed by atoms with Gasteiger partial charge in [-0.3, -0.25) is 4.79 Å². The molecule has 2 amide bonds. The number of nitrogens with zero attached hydrogens (tertiary/aromatic N) is 3. The van der Waals surface area contributed by atoms with Crippen molar-refractivity contribution in [1.82, 2.24) is 14.7 Å². The number of piperazine rings is 1. The van der Waals surface area contributed by atoms with E-state index in [0.717, 1.165) is 45.6 Å². The number of ether oxygens (including phenoxy) is 1. The van der Waals surface area contributed by atoms with Gasteiger partial charge < -0.3 is 19.4 Å². The van der Waals surface area contributed by atoms with Gasteiger partial charge in [-0.15, -0.1) is 0 Å². The molecule has 2 heterocycles. The van der Waals surface area contributed by atoms with Crippen molar-refractivity contribution in [3.63, 3.8) is 0 Å². The SMILES string of the molecule is CCN1CCN(C(=O)C2CCCN(C(=O)OC(C)(C)C)C2)CC1. The quantitative estimate of drug-likeness (QED) is 0.777. The number of amides is 2. The van der Waals surface area contributed by atoms with Gasteiger partial charge in [-0.05, 0) is 40.2 Å². The molecule has 0 aromatic rings. The molecule has 6 heteroatoms. The summed E-state index contributed by atoms with van der Waals surface area (Å²) in [5.74, 6) is 0.124. The Kier molecular flexibility index (Phi) is 5.89. The van der Waals surface area contributed by atoms with E-state index in [4.69, 9.17) is 4.74 Å². The summed E-state index contributed by atoms with van der Waals surface area (Å²) in [6.07, 6.45) is 1.43. The summed E-state index contributed by atoms with van der Waals surface area (Å²) in [7, 11) is 0. The number of likely N-dealkylation sites (tertiary alicyclic amines) is 1. The van der Waals surface area contributed by atoms with Crippen LogP contribution in [0.2, 0.25) is 0 Å². The molecule has 6 nitrogen and oxygen atoms in total. The molecule has 1 unspecified atom stereocenters. The van der Waals surface area contributed by atoms with Gasteiger partial charge in [0.2, 0.25) is 5.91 Å². The Labute approximate surface area is 139 Å². The van der Waals surface area contributed by atoms with Gasteiger partial charge in [0.1, 0.15) is 5.60 Å². The maximum Gasteiger partial charge on any atom is 0.410 e. The van der Waals surface area contributed by atoms with Gasteiger partial charge in [0.25, 0.3) is 0 Å². The van der Waals surface area contributed by atoms with Crippen molar-refractivity contribution in [1.29, 1.82) is 0 Å². The predicted molar refractivity (Wildman–Crippen MR) is 89.2 cm³/mol. The van der Waals surface area contributed by atoms with E-state index in [1.807, 2.05) is 25.7 Å². The average molecular weight is 325 g/mol. The molecule has 0 saturated carbocycles. The van der Waals surface area contributed by atoms with Crippen LogP contribution >= 0.6 is 0 Å². The lowest BCUT2D eigenvalue weighted by atomic mass is 9.96. The highest BCUT2D eigenvalue weighted by molar-refractivity contribution is 5.80. The zero-order chi connectivity index (χ0) is 17.0. The molecule has 2 rings (SSSR count). The van der Waals surface area contributed by atoms with Crippen molar-refractivity contribution in [2.24, 2.45) is 5.92 Å². The second kappa shape index (κ2) is 7.51. The molecule has 0 N–H and O–H groups in total. The topological polar surface area (TPSA) is 53.1 Å². The average Bonchev–Trinajstić information content (AvgIpc) is 2.53. The summed E-state index contributed by atoms with van der Waals surface area (Å²) in [4.78, 5) is 31.0. The fourth-order valence-corrected chi connectivity index (χ4v) is 3.21. The first kappa shape index (κ1) is 18.0. The van der Waals surface area contributed by atoms with Gasteiger partial charge in [0, 0.05) is 39.3 Å². The summed E-state index contributed by atoms with van der Waals surface area (Å²) < 4.78 is 5.43. The van der Waals surface area contributed by atoms with E-state index in [-0.39, 0.29) is 17.9 Å². The number of likely N-dealkylation sites (N-methyl/N-ethyl adjacent to an activating group) is 1. The largest absolute Gasteiger partial charge is 0.444 e. The zero-order valence-electron chi connectivity index (χ0n) is 15.0. The highest BCUT2D eigenvalue weighted by atomic mass is 16.6. The molecule has 132 valence electrons. The fourth-order valence-electron chi connectivity index (χ4n) is 3.21. The van der Waals surface area contributed by atoms with Crippen LogP contribution in [0.25, 0.3) is 0 Å². The number of piperidine rings is 1. The molecule has 0 aromatic carbocycles. The van der Waals surface area contributed by atoms with Crippen molar-refractivity contribution in [2.45, 2.75) is 46.1 Å². The normalized spacial score (nSPS) is 23.7. The molecule has 0 bridgehead atoms. The molecule has 2 aliphatic heterocycles. The van der Waals surface area contributed by atoms with Crippen LogP contribution in [0.5, 0.6) is 0 Å². The molecular weight excluding hydrogens is 294 g/mol. The molecule has 2 saturated heterocycles. The molecule has 0 radical (unpaired) electrons. The molecule has 2 fully saturated rings. The van der Waals surface area contributed by atoms with Gasteiger partial charge in [-0.2, -0.15) is 0 Å². The standard InChI is InChI=1S/C17H31N3O3/c1-5-18-9-11-19(12-10-18)15(21)14-7-6-8-20(13-14)16(22)23-17(2,3)4/h14H,5-13H2,1-4H3. The maximum absolute atomic E-state index is 12.7. The highest BCUT2D eigenvalue weighted by Gasteiger charge is 2.33. The third-order valence-corrected chi connectivity index (χ3v) is 4.55. The van der Waals surface area contributed by atoms with E-state index in [2.05, 4.69) is 11.8 Å². The van der Waals surface area contributed by atoms with Crippen molar-refractivity contribution in [2.75, 3.05) is 45.8 Å². The van der Waals surface area contributed by atoms with E-state index < -0.39 is 5.60 Å². The summed E-state index contributed by atoms with van der Waals surface area (Å²) >= 11 is 0. The van der Waals surface area contributed by atoms with E-state index in [1.165, 1.54) is 0 Å². The Bertz CT molecular complexity index is 425. The zero-order valence-corrected chi connectivity index (χ0v) is 15.0. The van der Waals surface area contributed by atoms with E-state index in [1.54, 1.807) is 4.90 Å². The lowest BCUT2D eigenvalue weighted by Crippen LogP contribution is -2.53. The molecule has 1 atom stereocenters. The van der Waals surface area contributed by atoms with Gasteiger partial charge in [-0.25, -0.2) is 4.79 Å². The van der Waals surface area contributed by atoms with Crippen molar-refractivity contribution < 1.29 is 14.3 Å². The Morgan fingerprint density at radius 1 is 1.04 bits per heavy atom. The van der Waals surface area contributed by atoms with Crippen molar-refractivity contribution >= 4 is 12.0 Å². The minimum Gasteiger partial charge on any atom is -0.444 e. The van der Waals surface area contributed by atoms with Crippen LogP contribution in [0.3, 0.4) is 0 Å². The first-order valence-corrected chi connectivity index (χ1v) is 8.79. The molecule has 0 aromatic heterocycles. The van der Waals surface area contributed by atoms with Crippen molar-refractivity contribution in [3.05, 3.63) is 0 Å². The minimum atomic E-state index is -0.496. The molecular formula is C17H31N3O3. The molecule has 0 aliphatic carbocycles. The van der Waals surface area contributed by atoms with Crippen LogP contribution in [0.15, 0.2) is 0 Å². The van der Waals surface area contributed by atoms with Crippen LogP contribution in [0, 0.1) is 5.92 Å². The first-order valence-electron chi connectivity index (χ1n) is 8.79. The van der Waals surface area contributed by atoms with Gasteiger partial charge >= 0.3 is 6.09 Å². The van der Waals surface area contributed by atoms with E-state index >= 15 is 0 Å². The Morgan fingerprint density at radius 3 is 2.26 bits per heavy atom. The van der Waals surface area contributed by atoms with Crippen LogP contribution in [-0.2, 0) is 9.53 Å².